The van der Waals surface area contributed by atoms with Crippen LogP contribution in [0.1, 0.15) is 35.6 Å². The van der Waals surface area contributed by atoms with Gasteiger partial charge in [0.25, 0.3) is 11.1 Å². The van der Waals surface area contributed by atoms with E-state index < -0.39 is 40.2 Å². The number of aromatic nitrogens is 3. The summed E-state index contributed by atoms with van der Waals surface area (Å²) in [5, 5.41) is 18.1. The van der Waals surface area contributed by atoms with Gasteiger partial charge in [0.1, 0.15) is 17.9 Å². The summed E-state index contributed by atoms with van der Waals surface area (Å²) in [6.07, 6.45) is -0.697. The Morgan fingerprint density at radius 2 is 2.13 bits per heavy atom. The van der Waals surface area contributed by atoms with E-state index in [0.29, 0.717) is 0 Å². The Kier molecular flexibility index (Phi) is 6.48. The summed E-state index contributed by atoms with van der Waals surface area (Å²) in [7, 11) is 0. The highest BCUT2D eigenvalue weighted by molar-refractivity contribution is 6.30. The van der Waals surface area contributed by atoms with Gasteiger partial charge >= 0.3 is 0 Å². The summed E-state index contributed by atoms with van der Waals surface area (Å²) in [5.74, 6) is -2.23. The number of aliphatic hydroxyl groups is 1. The number of rotatable bonds is 6. The lowest BCUT2D eigenvalue weighted by Gasteiger charge is -2.14. The van der Waals surface area contributed by atoms with Crippen molar-refractivity contribution in [3.05, 3.63) is 84.7 Å². The molecular formula is C20H15ClF2N4O4. The Labute approximate surface area is 178 Å². The summed E-state index contributed by atoms with van der Waals surface area (Å²) in [6, 6.07) is 6.61. The summed E-state index contributed by atoms with van der Waals surface area (Å²) in [6.45, 7) is 0.506. The van der Waals surface area contributed by atoms with Crippen molar-refractivity contribution >= 4 is 11.6 Å². The Hall–Kier alpha value is -3.55. The van der Waals surface area contributed by atoms with Gasteiger partial charge in [-0.25, -0.2) is 13.8 Å². The first-order chi connectivity index (χ1) is 14.7. The Balaban J connectivity index is 2.09. The average Bonchev–Trinajstić information content (AvgIpc) is 2.74. The standard InChI is InChI=1S/C20H15ClF2N4O4/c1-10(22)17-18(31-15-5-13(21)4-12(6-24)16(15)23)20(30)27(9-25-17)7-11-2-3-14(8-28)26-19(11)29/h2-5,9-10,28H,7-8H2,1H3,(H,26,29)/t10-/m1/s1. The highest BCUT2D eigenvalue weighted by atomic mass is 35.5. The molecule has 31 heavy (non-hydrogen) atoms. The summed E-state index contributed by atoms with van der Waals surface area (Å²) < 4.78 is 34.9. The lowest BCUT2D eigenvalue weighted by atomic mass is 10.2. The van der Waals surface area contributed by atoms with E-state index in [-0.39, 0.29) is 35.1 Å². The highest BCUT2D eigenvalue weighted by Crippen LogP contribution is 2.31. The SMILES string of the molecule is C[C@@H](F)c1ncn(Cc2ccc(CO)[nH]c2=O)c(=O)c1Oc1cc(Cl)cc(C#N)c1F. The van der Waals surface area contributed by atoms with Crippen molar-refractivity contribution in [2.75, 3.05) is 0 Å². The third kappa shape index (κ3) is 4.63. The molecule has 0 bridgehead atoms. The molecule has 1 aromatic carbocycles. The van der Waals surface area contributed by atoms with E-state index in [0.717, 1.165) is 30.0 Å². The molecule has 0 radical (unpaired) electrons. The van der Waals surface area contributed by atoms with E-state index in [2.05, 4.69) is 9.97 Å². The predicted octanol–water partition coefficient (Wildman–Crippen LogP) is 2.96. The maximum absolute atomic E-state index is 14.5. The maximum Gasteiger partial charge on any atom is 0.297 e. The molecule has 3 aromatic rings. The second-order valence-corrected chi connectivity index (χ2v) is 6.92. The van der Waals surface area contributed by atoms with E-state index in [4.69, 9.17) is 26.7 Å². The number of aromatic amines is 1. The van der Waals surface area contributed by atoms with Gasteiger partial charge < -0.3 is 14.8 Å². The Morgan fingerprint density at radius 3 is 2.74 bits per heavy atom. The van der Waals surface area contributed by atoms with Crippen LogP contribution >= 0.6 is 11.6 Å². The molecule has 0 amide bonds. The van der Waals surface area contributed by atoms with E-state index in [1.165, 1.54) is 12.1 Å². The first-order valence-electron chi connectivity index (χ1n) is 8.87. The quantitative estimate of drug-likeness (QED) is 0.598. The van der Waals surface area contributed by atoms with Crippen LogP contribution in [-0.4, -0.2) is 19.6 Å². The van der Waals surface area contributed by atoms with Gasteiger partial charge in [0.05, 0.1) is 25.0 Å². The first-order valence-corrected chi connectivity index (χ1v) is 9.25. The lowest BCUT2D eigenvalue weighted by Crippen LogP contribution is -2.27. The molecule has 3 rings (SSSR count). The third-order valence-electron chi connectivity index (χ3n) is 4.30. The van der Waals surface area contributed by atoms with Crippen LogP contribution in [-0.2, 0) is 13.2 Å². The van der Waals surface area contributed by atoms with Crippen LogP contribution in [0.2, 0.25) is 5.02 Å². The molecule has 2 N–H and O–H groups in total. The highest BCUT2D eigenvalue weighted by Gasteiger charge is 2.22. The molecule has 0 fully saturated rings. The Morgan fingerprint density at radius 1 is 1.39 bits per heavy atom. The molecular weight excluding hydrogens is 434 g/mol. The van der Waals surface area contributed by atoms with E-state index in [1.54, 1.807) is 6.07 Å². The van der Waals surface area contributed by atoms with Crippen LogP contribution < -0.4 is 15.9 Å². The van der Waals surface area contributed by atoms with Gasteiger partial charge in [-0.05, 0) is 25.1 Å². The van der Waals surface area contributed by atoms with Crippen molar-refractivity contribution < 1.29 is 18.6 Å². The fourth-order valence-corrected chi connectivity index (χ4v) is 2.96. The van der Waals surface area contributed by atoms with E-state index in [1.807, 2.05) is 0 Å². The molecule has 1 atom stereocenters. The number of pyridine rings is 1. The molecule has 2 heterocycles. The third-order valence-corrected chi connectivity index (χ3v) is 4.52. The molecule has 0 spiro atoms. The van der Waals surface area contributed by atoms with Crippen LogP contribution in [0.15, 0.2) is 40.2 Å². The number of alkyl halides is 1. The van der Waals surface area contributed by atoms with Crippen molar-refractivity contribution in [3.8, 4) is 17.6 Å². The first kappa shape index (κ1) is 22.1. The Bertz CT molecular complexity index is 1300. The second kappa shape index (κ2) is 9.07. The average molecular weight is 449 g/mol. The van der Waals surface area contributed by atoms with Crippen molar-refractivity contribution in [1.82, 2.24) is 14.5 Å². The number of aliphatic hydroxyl groups excluding tert-OH is 1. The minimum Gasteiger partial charge on any atom is -0.446 e. The number of nitrogens with zero attached hydrogens (tertiary/aromatic N) is 3. The fourth-order valence-electron chi connectivity index (χ4n) is 2.75. The molecule has 11 heteroatoms. The predicted molar refractivity (Wildman–Crippen MR) is 106 cm³/mol. The van der Waals surface area contributed by atoms with Gasteiger partial charge in [-0.15, -0.1) is 0 Å². The van der Waals surface area contributed by atoms with Crippen molar-refractivity contribution in [2.24, 2.45) is 0 Å². The van der Waals surface area contributed by atoms with Crippen molar-refractivity contribution in [3.63, 3.8) is 0 Å². The van der Waals surface area contributed by atoms with Crippen molar-refractivity contribution in [2.45, 2.75) is 26.2 Å². The van der Waals surface area contributed by atoms with E-state index >= 15 is 0 Å². The molecule has 0 aliphatic rings. The number of halogens is 3. The number of ether oxygens (including phenoxy) is 1. The van der Waals surface area contributed by atoms with Gasteiger partial charge in [0.2, 0.25) is 5.75 Å². The zero-order valence-electron chi connectivity index (χ0n) is 16.0. The smallest absolute Gasteiger partial charge is 0.297 e. The molecule has 0 saturated carbocycles. The monoisotopic (exact) mass is 448 g/mol. The topological polar surface area (TPSA) is 121 Å². The summed E-state index contributed by atoms with van der Waals surface area (Å²) >= 11 is 5.86. The number of hydrogen-bond acceptors (Lipinski definition) is 6. The minimum atomic E-state index is -1.73. The van der Waals surface area contributed by atoms with Crippen LogP contribution in [0, 0.1) is 17.1 Å². The summed E-state index contributed by atoms with van der Waals surface area (Å²) in [4.78, 5) is 31.4. The molecule has 0 unspecified atom stereocenters. The van der Waals surface area contributed by atoms with Gasteiger partial charge in [-0.1, -0.05) is 11.6 Å². The summed E-state index contributed by atoms with van der Waals surface area (Å²) in [5.41, 5.74) is -1.77. The largest absolute Gasteiger partial charge is 0.446 e. The number of hydrogen-bond donors (Lipinski definition) is 2. The molecule has 0 saturated heterocycles. The molecule has 160 valence electrons. The van der Waals surface area contributed by atoms with Gasteiger partial charge in [-0.2, -0.15) is 5.26 Å². The van der Waals surface area contributed by atoms with Gasteiger partial charge in [-0.3, -0.25) is 14.2 Å². The number of H-pyrrole nitrogens is 1. The molecule has 2 aromatic heterocycles. The zero-order valence-corrected chi connectivity index (χ0v) is 16.8. The normalized spacial score (nSPS) is 11.7. The fraction of sp³-hybridized carbons (Fsp3) is 0.200. The van der Waals surface area contributed by atoms with E-state index in [9.17, 15) is 18.4 Å². The zero-order chi connectivity index (χ0) is 22.7. The van der Waals surface area contributed by atoms with Crippen LogP contribution in [0.3, 0.4) is 0 Å². The van der Waals surface area contributed by atoms with Crippen LogP contribution in [0.5, 0.6) is 11.5 Å². The lowest BCUT2D eigenvalue weighted by molar-refractivity contribution is 0.276. The number of nitrogens with one attached hydrogen (secondary N) is 1. The molecule has 0 aliphatic heterocycles. The van der Waals surface area contributed by atoms with Crippen LogP contribution in [0.4, 0.5) is 8.78 Å². The number of nitriles is 1. The molecule has 0 aliphatic carbocycles. The number of benzene rings is 1. The maximum atomic E-state index is 14.5. The minimum absolute atomic E-state index is 0.0254. The second-order valence-electron chi connectivity index (χ2n) is 6.48. The van der Waals surface area contributed by atoms with Crippen LogP contribution in [0.25, 0.3) is 0 Å². The molecule has 8 nitrogen and oxygen atoms in total. The van der Waals surface area contributed by atoms with Gasteiger partial charge in [0.15, 0.2) is 11.6 Å². The van der Waals surface area contributed by atoms with Crippen molar-refractivity contribution in [1.29, 1.82) is 5.26 Å². The van der Waals surface area contributed by atoms with Gasteiger partial charge in [0, 0.05) is 22.3 Å².